The Bertz CT molecular complexity index is 489. The molecule has 1 saturated heterocycles. The van der Waals surface area contributed by atoms with E-state index in [4.69, 9.17) is 4.74 Å². The minimum Gasteiger partial charge on any atom is -0.464 e. The Balaban J connectivity index is 1.68. The van der Waals surface area contributed by atoms with E-state index in [0.29, 0.717) is 12.5 Å². The average molecular weight is 256 g/mol. The summed E-state index contributed by atoms with van der Waals surface area (Å²) in [6.07, 6.45) is 6.67. The van der Waals surface area contributed by atoms with E-state index in [9.17, 15) is 4.79 Å². The summed E-state index contributed by atoms with van der Waals surface area (Å²) in [7, 11) is 0. The smallest absolute Gasteiger partial charge is 0.310 e. The maximum atomic E-state index is 12.0. The van der Waals surface area contributed by atoms with Crippen molar-refractivity contribution in [3.05, 3.63) is 35.9 Å². The topological polar surface area (TPSA) is 26.3 Å². The van der Waals surface area contributed by atoms with Gasteiger partial charge in [-0.3, -0.25) is 4.79 Å². The van der Waals surface area contributed by atoms with E-state index >= 15 is 0 Å². The van der Waals surface area contributed by atoms with Gasteiger partial charge in [-0.25, -0.2) is 0 Å². The summed E-state index contributed by atoms with van der Waals surface area (Å²) in [4.78, 5) is 12.0. The normalized spacial score (nSPS) is 37.8. The van der Waals surface area contributed by atoms with E-state index < -0.39 is 0 Å². The summed E-state index contributed by atoms with van der Waals surface area (Å²) in [6.45, 7) is 0.613. The third-order valence-electron chi connectivity index (χ3n) is 5.58. The quantitative estimate of drug-likeness (QED) is 0.759. The molecular formula is C17H20O2. The van der Waals surface area contributed by atoms with Gasteiger partial charge in [-0.15, -0.1) is 0 Å². The van der Waals surface area contributed by atoms with Crippen molar-refractivity contribution in [1.82, 2.24) is 0 Å². The van der Waals surface area contributed by atoms with Crippen molar-refractivity contribution in [3.63, 3.8) is 0 Å². The summed E-state index contributed by atoms with van der Waals surface area (Å²) in [5.41, 5.74) is 1.35. The molecule has 19 heavy (non-hydrogen) atoms. The van der Waals surface area contributed by atoms with Crippen molar-refractivity contribution >= 4 is 5.97 Å². The fourth-order valence-corrected chi connectivity index (χ4v) is 4.68. The van der Waals surface area contributed by atoms with Crippen molar-refractivity contribution in [1.29, 1.82) is 0 Å². The predicted molar refractivity (Wildman–Crippen MR) is 72.6 cm³/mol. The molecule has 0 amide bonds. The number of cyclic esters (lactones) is 1. The van der Waals surface area contributed by atoms with Crippen LogP contribution in [-0.4, -0.2) is 12.6 Å². The second kappa shape index (κ2) is 4.09. The largest absolute Gasteiger partial charge is 0.464 e. The summed E-state index contributed by atoms with van der Waals surface area (Å²) >= 11 is 0. The lowest BCUT2D eigenvalue weighted by Gasteiger charge is -2.25. The number of hydrogen-bond acceptors (Lipinski definition) is 2. The highest BCUT2D eigenvalue weighted by Crippen LogP contribution is 2.68. The summed E-state index contributed by atoms with van der Waals surface area (Å²) < 4.78 is 5.35. The van der Waals surface area contributed by atoms with Crippen LogP contribution in [0, 0.1) is 17.8 Å². The van der Waals surface area contributed by atoms with Crippen LogP contribution in [0.4, 0.5) is 0 Å². The van der Waals surface area contributed by atoms with Gasteiger partial charge in [-0.2, -0.15) is 0 Å². The molecule has 0 N–H and O–H groups in total. The van der Waals surface area contributed by atoms with Gasteiger partial charge in [-0.1, -0.05) is 62.4 Å². The van der Waals surface area contributed by atoms with Crippen molar-refractivity contribution < 1.29 is 9.53 Å². The fraction of sp³-hybridized carbons (Fsp3) is 0.588. The molecular weight excluding hydrogens is 236 g/mol. The van der Waals surface area contributed by atoms with E-state index in [0.717, 1.165) is 5.92 Å². The second-order valence-electron chi connectivity index (χ2n) is 6.42. The zero-order valence-electron chi connectivity index (χ0n) is 11.2. The Morgan fingerprint density at radius 3 is 2.53 bits per heavy atom. The molecule has 3 atom stereocenters. The van der Waals surface area contributed by atoms with Gasteiger partial charge in [-0.05, 0) is 17.4 Å². The standard InChI is InChI=1S/C17H20O2/c18-16-15-14(12-7-3-1-4-8-12)17(15,11-19-16)13-9-5-2-6-10-13/h2,5-6,9-10,12,14-15H,1,3-4,7-8,11H2/t14-,15?,17+/m0/s1. The van der Waals surface area contributed by atoms with Gasteiger partial charge in [0.2, 0.25) is 0 Å². The predicted octanol–water partition coefficient (Wildman–Crippen LogP) is 3.31. The molecule has 3 fully saturated rings. The van der Waals surface area contributed by atoms with Gasteiger partial charge in [0.1, 0.15) is 6.61 Å². The molecule has 2 nitrogen and oxygen atoms in total. The first kappa shape index (κ1) is 11.5. The van der Waals surface area contributed by atoms with Gasteiger partial charge >= 0.3 is 5.97 Å². The van der Waals surface area contributed by atoms with Crippen LogP contribution >= 0.6 is 0 Å². The first-order valence-electron chi connectivity index (χ1n) is 7.56. The van der Waals surface area contributed by atoms with Crippen LogP contribution in [0.15, 0.2) is 30.3 Å². The van der Waals surface area contributed by atoms with E-state index in [1.807, 2.05) is 6.07 Å². The Morgan fingerprint density at radius 1 is 1.05 bits per heavy atom. The third-order valence-corrected chi connectivity index (χ3v) is 5.58. The highest BCUT2D eigenvalue weighted by molar-refractivity contribution is 5.83. The van der Waals surface area contributed by atoms with E-state index in [-0.39, 0.29) is 17.3 Å². The number of carbonyl (C=O) groups excluding carboxylic acids is 1. The molecule has 2 heteroatoms. The van der Waals surface area contributed by atoms with Crippen molar-refractivity contribution in [2.24, 2.45) is 17.8 Å². The summed E-state index contributed by atoms with van der Waals surface area (Å²) in [6, 6.07) is 10.6. The van der Waals surface area contributed by atoms with Crippen LogP contribution in [0.5, 0.6) is 0 Å². The number of benzene rings is 1. The average Bonchev–Trinajstić information content (AvgIpc) is 3.06. The molecule has 1 aromatic rings. The molecule has 0 radical (unpaired) electrons. The van der Waals surface area contributed by atoms with Crippen LogP contribution in [0.25, 0.3) is 0 Å². The maximum Gasteiger partial charge on any atom is 0.310 e. The number of hydrogen-bond donors (Lipinski definition) is 0. The summed E-state index contributed by atoms with van der Waals surface area (Å²) in [5, 5.41) is 0. The van der Waals surface area contributed by atoms with Crippen LogP contribution in [0.1, 0.15) is 37.7 Å². The van der Waals surface area contributed by atoms with Crippen LogP contribution in [0.2, 0.25) is 0 Å². The highest BCUT2D eigenvalue weighted by atomic mass is 16.5. The molecule has 2 saturated carbocycles. The zero-order chi connectivity index (χ0) is 12.9. The van der Waals surface area contributed by atoms with Crippen molar-refractivity contribution in [2.75, 3.05) is 6.61 Å². The number of carbonyl (C=O) groups is 1. The lowest BCUT2D eigenvalue weighted by molar-refractivity contribution is -0.142. The lowest BCUT2D eigenvalue weighted by Crippen LogP contribution is -2.22. The molecule has 0 spiro atoms. The summed E-state index contributed by atoms with van der Waals surface area (Å²) in [5.74, 6) is 1.50. The zero-order valence-corrected chi connectivity index (χ0v) is 11.2. The Labute approximate surface area is 114 Å². The first-order chi connectivity index (χ1) is 9.34. The van der Waals surface area contributed by atoms with Crippen LogP contribution in [-0.2, 0) is 14.9 Å². The monoisotopic (exact) mass is 256 g/mol. The molecule has 0 aromatic heterocycles. The molecule has 1 aromatic carbocycles. The molecule has 100 valence electrons. The molecule has 1 heterocycles. The van der Waals surface area contributed by atoms with Crippen molar-refractivity contribution in [3.8, 4) is 0 Å². The van der Waals surface area contributed by atoms with Crippen LogP contribution < -0.4 is 0 Å². The number of rotatable bonds is 2. The van der Waals surface area contributed by atoms with E-state index in [2.05, 4.69) is 24.3 Å². The first-order valence-corrected chi connectivity index (χ1v) is 7.56. The highest BCUT2D eigenvalue weighted by Gasteiger charge is 2.75. The van der Waals surface area contributed by atoms with Gasteiger partial charge in [0.25, 0.3) is 0 Å². The van der Waals surface area contributed by atoms with Gasteiger partial charge in [0, 0.05) is 5.41 Å². The van der Waals surface area contributed by atoms with Gasteiger partial charge in [0.05, 0.1) is 5.92 Å². The molecule has 1 aliphatic heterocycles. The number of fused-ring (bicyclic) bond motifs is 1. The molecule has 4 rings (SSSR count). The molecule has 1 unspecified atom stereocenters. The Kier molecular flexibility index (Phi) is 2.48. The number of esters is 1. The Morgan fingerprint density at radius 2 is 1.79 bits per heavy atom. The third kappa shape index (κ3) is 1.52. The molecule has 3 aliphatic rings. The maximum absolute atomic E-state index is 12.0. The molecule has 0 bridgehead atoms. The SMILES string of the molecule is O=C1OC[C@]2(c3ccccc3)C1[C@@H]2C1CCCCC1. The van der Waals surface area contributed by atoms with E-state index in [1.165, 1.54) is 37.7 Å². The fourth-order valence-electron chi connectivity index (χ4n) is 4.68. The van der Waals surface area contributed by atoms with Crippen LogP contribution in [0.3, 0.4) is 0 Å². The lowest BCUT2D eigenvalue weighted by atomic mass is 9.81. The second-order valence-corrected chi connectivity index (χ2v) is 6.42. The minimum absolute atomic E-state index is 0.0281. The minimum atomic E-state index is 0.0281. The number of ether oxygens (including phenoxy) is 1. The Hall–Kier alpha value is -1.31. The van der Waals surface area contributed by atoms with Gasteiger partial charge < -0.3 is 4.74 Å². The van der Waals surface area contributed by atoms with Gasteiger partial charge in [0.15, 0.2) is 0 Å². The van der Waals surface area contributed by atoms with E-state index in [1.54, 1.807) is 0 Å². The molecule has 2 aliphatic carbocycles. The van der Waals surface area contributed by atoms with Crippen molar-refractivity contribution in [2.45, 2.75) is 37.5 Å².